The summed E-state index contributed by atoms with van der Waals surface area (Å²) < 4.78 is 10.7. The number of aromatic nitrogens is 1. The van der Waals surface area contributed by atoms with Gasteiger partial charge in [0.25, 0.3) is 11.7 Å². The molecule has 3 heterocycles. The fourth-order valence-electron chi connectivity index (χ4n) is 4.43. The Kier molecular flexibility index (Phi) is 7.05. The first-order chi connectivity index (χ1) is 16.0. The molecule has 174 valence electrons. The Balaban J connectivity index is 1.66. The summed E-state index contributed by atoms with van der Waals surface area (Å²) >= 11 is 0. The van der Waals surface area contributed by atoms with Gasteiger partial charge >= 0.3 is 0 Å². The van der Waals surface area contributed by atoms with Crippen molar-refractivity contribution in [1.82, 2.24) is 14.8 Å². The van der Waals surface area contributed by atoms with Crippen molar-refractivity contribution in [2.24, 2.45) is 0 Å². The van der Waals surface area contributed by atoms with Crippen LogP contribution in [0.25, 0.3) is 5.76 Å². The lowest BCUT2D eigenvalue weighted by atomic mass is 9.97. The molecule has 0 spiro atoms. The van der Waals surface area contributed by atoms with E-state index in [1.807, 2.05) is 13.0 Å². The van der Waals surface area contributed by atoms with Crippen molar-refractivity contribution >= 4 is 17.4 Å². The van der Waals surface area contributed by atoms with Gasteiger partial charge in [-0.2, -0.15) is 0 Å². The number of aliphatic hydroxyl groups excluding tert-OH is 1. The van der Waals surface area contributed by atoms with Crippen LogP contribution in [0.3, 0.4) is 0 Å². The third kappa shape index (κ3) is 4.77. The number of morpholine rings is 1. The molecular formula is C25H29N3O5. The van der Waals surface area contributed by atoms with Crippen LogP contribution in [0.15, 0.2) is 48.2 Å². The predicted molar refractivity (Wildman–Crippen MR) is 123 cm³/mol. The summed E-state index contributed by atoms with van der Waals surface area (Å²) in [7, 11) is 1.57. The predicted octanol–water partition coefficient (Wildman–Crippen LogP) is 2.54. The van der Waals surface area contributed by atoms with Crippen LogP contribution in [0.2, 0.25) is 0 Å². The first-order valence-electron chi connectivity index (χ1n) is 11.2. The zero-order valence-electron chi connectivity index (χ0n) is 19.0. The fraction of sp³-hybridized carbons (Fsp3) is 0.400. The average Bonchev–Trinajstić information content (AvgIpc) is 3.10. The largest absolute Gasteiger partial charge is 0.507 e. The average molecular weight is 452 g/mol. The monoisotopic (exact) mass is 451 g/mol. The lowest BCUT2D eigenvalue weighted by Crippen LogP contribution is -2.39. The molecule has 8 nitrogen and oxygen atoms in total. The molecule has 0 bridgehead atoms. The van der Waals surface area contributed by atoms with E-state index in [0.29, 0.717) is 43.2 Å². The van der Waals surface area contributed by atoms with Crippen LogP contribution < -0.4 is 4.74 Å². The number of carbonyl (C=O) groups excluding carboxylic acids is 2. The van der Waals surface area contributed by atoms with Gasteiger partial charge in [0, 0.05) is 37.9 Å². The van der Waals surface area contributed by atoms with Crippen LogP contribution in [0.4, 0.5) is 0 Å². The highest BCUT2D eigenvalue weighted by molar-refractivity contribution is 6.46. The molecule has 1 aromatic heterocycles. The Labute approximate surface area is 193 Å². The van der Waals surface area contributed by atoms with E-state index in [0.717, 1.165) is 25.2 Å². The number of methoxy groups -OCH3 is 1. The number of Topliss-reactive ketones (excluding diaryl/α,β-unsaturated/α-hetero) is 1. The first kappa shape index (κ1) is 22.9. The van der Waals surface area contributed by atoms with Gasteiger partial charge in [0.05, 0.1) is 31.6 Å². The van der Waals surface area contributed by atoms with Crippen LogP contribution in [0.1, 0.15) is 29.3 Å². The van der Waals surface area contributed by atoms with Crippen molar-refractivity contribution < 1.29 is 24.2 Å². The number of hydrogen-bond acceptors (Lipinski definition) is 7. The third-order valence-electron chi connectivity index (χ3n) is 6.15. The molecule has 2 aliphatic heterocycles. The number of nitrogens with zero attached hydrogens (tertiary/aromatic N) is 3. The lowest BCUT2D eigenvalue weighted by Gasteiger charge is -2.28. The molecule has 1 amide bonds. The second-order valence-corrected chi connectivity index (χ2v) is 8.24. The third-order valence-corrected chi connectivity index (χ3v) is 6.15. The van der Waals surface area contributed by atoms with Crippen molar-refractivity contribution in [1.29, 1.82) is 0 Å². The summed E-state index contributed by atoms with van der Waals surface area (Å²) in [4.78, 5) is 34.4. The number of benzene rings is 1. The molecule has 1 N–H and O–H groups in total. The summed E-state index contributed by atoms with van der Waals surface area (Å²) in [5.41, 5.74) is 1.89. The molecular weight excluding hydrogens is 422 g/mol. The van der Waals surface area contributed by atoms with E-state index in [2.05, 4.69) is 9.88 Å². The summed E-state index contributed by atoms with van der Waals surface area (Å²) in [6.07, 6.45) is 2.33. The van der Waals surface area contributed by atoms with Gasteiger partial charge in [-0.25, -0.2) is 0 Å². The highest BCUT2D eigenvalue weighted by atomic mass is 16.5. The molecule has 2 aromatic rings. The van der Waals surface area contributed by atoms with Gasteiger partial charge in [0.15, 0.2) is 0 Å². The molecule has 0 aliphatic carbocycles. The molecule has 2 aliphatic rings. The summed E-state index contributed by atoms with van der Waals surface area (Å²) in [6, 6.07) is 9.79. The second kappa shape index (κ2) is 10.1. The van der Waals surface area contributed by atoms with Crippen LogP contribution >= 0.6 is 0 Å². The van der Waals surface area contributed by atoms with Crippen molar-refractivity contribution in [2.75, 3.05) is 46.5 Å². The van der Waals surface area contributed by atoms with Crippen molar-refractivity contribution in [3.63, 3.8) is 0 Å². The number of aryl methyl sites for hydroxylation is 1. The maximum Gasteiger partial charge on any atom is 0.295 e. The van der Waals surface area contributed by atoms with Gasteiger partial charge in [-0.05, 0) is 49.2 Å². The molecule has 1 aromatic carbocycles. The summed E-state index contributed by atoms with van der Waals surface area (Å²) in [6.45, 7) is 6.19. The zero-order chi connectivity index (χ0) is 23.4. The van der Waals surface area contributed by atoms with Crippen LogP contribution in [-0.4, -0.2) is 78.1 Å². The Hall–Kier alpha value is -3.23. The number of likely N-dealkylation sites (tertiary alicyclic amines) is 1. The lowest BCUT2D eigenvalue weighted by molar-refractivity contribution is -0.140. The Bertz CT molecular complexity index is 1050. The zero-order valence-corrected chi connectivity index (χ0v) is 19.0. The summed E-state index contributed by atoms with van der Waals surface area (Å²) in [5.74, 6) is -0.829. The number of hydrogen-bond donors (Lipinski definition) is 1. The topological polar surface area (TPSA) is 92.2 Å². The minimum absolute atomic E-state index is 0.0645. The van der Waals surface area contributed by atoms with Gasteiger partial charge in [-0.15, -0.1) is 0 Å². The van der Waals surface area contributed by atoms with E-state index in [4.69, 9.17) is 9.47 Å². The molecule has 1 atom stereocenters. The molecule has 1 unspecified atom stereocenters. The minimum atomic E-state index is -0.738. The number of pyridine rings is 1. The Morgan fingerprint density at radius 2 is 1.97 bits per heavy atom. The Morgan fingerprint density at radius 1 is 1.18 bits per heavy atom. The van der Waals surface area contributed by atoms with E-state index in [9.17, 15) is 14.7 Å². The number of amides is 1. The normalized spacial score (nSPS) is 20.9. The number of carbonyl (C=O) groups is 2. The van der Waals surface area contributed by atoms with Crippen LogP contribution in [0, 0.1) is 6.92 Å². The Morgan fingerprint density at radius 3 is 2.64 bits per heavy atom. The van der Waals surface area contributed by atoms with Gasteiger partial charge in [0.2, 0.25) is 0 Å². The molecule has 8 heteroatoms. The van der Waals surface area contributed by atoms with Crippen molar-refractivity contribution in [2.45, 2.75) is 19.4 Å². The SMILES string of the molecule is COc1ccc(/C(O)=C2\C(=O)C(=O)N(CCCN3CCOCC3)C2c2ccccn2)cc1C. The van der Waals surface area contributed by atoms with E-state index < -0.39 is 17.7 Å². The molecule has 0 radical (unpaired) electrons. The molecule has 2 saturated heterocycles. The highest BCUT2D eigenvalue weighted by Gasteiger charge is 2.46. The molecule has 2 fully saturated rings. The highest BCUT2D eigenvalue weighted by Crippen LogP contribution is 2.39. The van der Waals surface area contributed by atoms with Gasteiger partial charge < -0.3 is 19.5 Å². The number of ether oxygens (including phenoxy) is 2. The van der Waals surface area contributed by atoms with Gasteiger partial charge in [-0.3, -0.25) is 19.5 Å². The standard InChI is InChI=1S/C25H29N3O5/c1-17-16-18(7-8-20(17)32-2)23(29)21-22(19-6-3-4-9-26-19)28(25(31)24(21)30)11-5-10-27-12-14-33-15-13-27/h3-4,6-9,16,22,29H,5,10-15H2,1-2H3/b23-21+. The quantitative estimate of drug-likeness (QED) is 0.393. The maximum atomic E-state index is 13.1. The van der Waals surface area contributed by atoms with E-state index >= 15 is 0 Å². The van der Waals surface area contributed by atoms with E-state index in [-0.39, 0.29) is 11.3 Å². The number of aliphatic hydroxyl groups is 1. The smallest absolute Gasteiger partial charge is 0.295 e. The molecule has 4 rings (SSSR count). The fourth-order valence-corrected chi connectivity index (χ4v) is 4.43. The van der Waals surface area contributed by atoms with Gasteiger partial charge in [0.1, 0.15) is 17.6 Å². The van der Waals surface area contributed by atoms with Crippen molar-refractivity contribution in [3.05, 3.63) is 65.0 Å². The second-order valence-electron chi connectivity index (χ2n) is 8.24. The molecule has 0 saturated carbocycles. The van der Waals surface area contributed by atoms with E-state index in [1.165, 1.54) is 4.90 Å². The van der Waals surface area contributed by atoms with Crippen LogP contribution in [0.5, 0.6) is 5.75 Å². The number of ketones is 1. The first-order valence-corrected chi connectivity index (χ1v) is 11.2. The van der Waals surface area contributed by atoms with Crippen LogP contribution in [-0.2, 0) is 14.3 Å². The van der Waals surface area contributed by atoms with E-state index in [1.54, 1.807) is 43.6 Å². The van der Waals surface area contributed by atoms with Gasteiger partial charge in [-0.1, -0.05) is 6.07 Å². The number of rotatable bonds is 7. The molecule has 33 heavy (non-hydrogen) atoms. The minimum Gasteiger partial charge on any atom is -0.507 e. The van der Waals surface area contributed by atoms with Crippen molar-refractivity contribution in [3.8, 4) is 5.75 Å². The maximum absolute atomic E-state index is 13.1. The summed E-state index contributed by atoms with van der Waals surface area (Å²) in [5, 5.41) is 11.2.